The fourth-order valence-electron chi connectivity index (χ4n) is 0.319. The number of rotatable bonds is 4. The van der Waals surface area contributed by atoms with Gasteiger partial charge in [0.1, 0.15) is 6.29 Å². The van der Waals surface area contributed by atoms with Gasteiger partial charge in [0.2, 0.25) is 0 Å². The lowest BCUT2D eigenvalue weighted by molar-refractivity contribution is -0.129. The van der Waals surface area contributed by atoms with Gasteiger partial charge in [-0.1, -0.05) is 0 Å². The summed E-state index contributed by atoms with van der Waals surface area (Å²) in [5, 5.41) is 0. The van der Waals surface area contributed by atoms with Gasteiger partial charge in [-0.3, -0.25) is 0 Å². The zero-order valence-corrected chi connectivity index (χ0v) is 5.97. The van der Waals surface area contributed by atoms with E-state index in [4.69, 9.17) is 0 Å². The molecular weight excluding hydrogens is 165 g/mol. The highest BCUT2D eigenvalue weighted by Gasteiger charge is 2.25. The van der Waals surface area contributed by atoms with E-state index in [-0.39, 0.29) is 11.5 Å². The molecule has 0 aliphatic rings. The third kappa shape index (κ3) is 7.81. The maximum atomic E-state index is 11.4. The quantitative estimate of drug-likeness (QED) is 0.475. The molecule has 0 unspecified atom stereocenters. The van der Waals surface area contributed by atoms with Crippen LogP contribution in [0.3, 0.4) is 0 Å². The Morgan fingerprint density at radius 2 is 2.00 bits per heavy atom. The van der Waals surface area contributed by atoms with Crippen LogP contribution in [0.25, 0.3) is 0 Å². The Labute approximate surface area is 61.0 Å². The van der Waals surface area contributed by atoms with Crippen molar-refractivity contribution < 1.29 is 18.0 Å². The number of hydrogen-bond donors (Lipinski definition) is 0. The monoisotopic (exact) mass is 172 g/mol. The second-order valence-electron chi connectivity index (χ2n) is 1.61. The summed E-state index contributed by atoms with van der Waals surface area (Å²) < 4.78 is 34.1. The molecule has 0 spiro atoms. The van der Waals surface area contributed by atoms with Crippen LogP contribution in [0.2, 0.25) is 0 Å². The summed E-state index contributed by atoms with van der Waals surface area (Å²) in [6, 6.07) is 0. The highest BCUT2D eigenvalue weighted by molar-refractivity contribution is 7.99. The van der Waals surface area contributed by atoms with Crippen molar-refractivity contribution in [1.29, 1.82) is 0 Å². The molecule has 0 aromatic rings. The van der Waals surface area contributed by atoms with Gasteiger partial charge in [-0.25, -0.2) is 0 Å². The van der Waals surface area contributed by atoms with Crippen LogP contribution in [0.4, 0.5) is 13.2 Å². The van der Waals surface area contributed by atoms with E-state index in [2.05, 4.69) is 0 Å². The first-order valence-electron chi connectivity index (χ1n) is 2.64. The van der Waals surface area contributed by atoms with Crippen molar-refractivity contribution in [2.75, 3.05) is 11.5 Å². The molecule has 0 N–H and O–H groups in total. The minimum atomic E-state index is -4.09. The van der Waals surface area contributed by atoms with Crippen molar-refractivity contribution in [2.24, 2.45) is 0 Å². The predicted molar refractivity (Wildman–Crippen MR) is 34.1 cm³/mol. The molecule has 0 radical (unpaired) electrons. The molecule has 0 bridgehead atoms. The van der Waals surface area contributed by atoms with Crippen molar-refractivity contribution in [1.82, 2.24) is 0 Å². The Bertz CT molecular complexity index is 102. The van der Waals surface area contributed by atoms with Crippen molar-refractivity contribution in [2.45, 2.75) is 12.6 Å². The summed E-state index contributed by atoms with van der Waals surface area (Å²) >= 11 is 0.992. The van der Waals surface area contributed by atoms with Crippen LogP contribution in [-0.4, -0.2) is 24.0 Å². The predicted octanol–water partition coefficient (Wildman–Crippen LogP) is 1.87. The molecule has 0 aliphatic carbocycles. The topological polar surface area (TPSA) is 17.1 Å². The second-order valence-corrected chi connectivity index (χ2v) is 2.76. The maximum absolute atomic E-state index is 11.4. The van der Waals surface area contributed by atoms with E-state index in [1.54, 1.807) is 0 Å². The molecule has 0 amide bonds. The van der Waals surface area contributed by atoms with Gasteiger partial charge in [0.25, 0.3) is 0 Å². The Morgan fingerprint density at radius 1 is 1.40 bits per heavy atom. The first-order chi connectivity index (χ1) is 4.56. The maximum Gasteiger partial charge on any atom is 0.389 e. The summed E-state index contributed by atoms with van der Waals surface area (Å²) in [6.07, 6.45) is -4.30. The first-order valence-corrected chi connectivity index (χ1v) is 3.80. The van der Waals surface area contributed by atoms with Crippen LogP contribution in [-0.2, 0) is 4.79 Å². The van der Waals surface area contributed by atoms with E-state index in [9.17, 15) is 18.0 Å². The lowest BCUT2D eigenvalue weighted by Crippen LogP contribution is -2.08. The van der Waals surface area contributed by atoms with Crippen molar-refractivity contribution in [3.63, 3.8) is 0 Å². The molecule has 0 aliphatic heterocycles. The normalized spacial score (nSPS) is 11.5. The smallest absolute Gasteiger partial charge is 0.302 e. The Balaban J connectivity index is 3.12. The summed E-state index contributed by atoms with van der Waals surface area (Å²) in [5.41, 5.74) is 0. The van der Waals surface area contributed by atoms with Gasteiger partial charge in [0, 0.05) is 11.5 Å². The van der Waals surface area contributed by atoms with E-state index >= 15 is 0 Å². The average molecular weight is 172 g/mol. The number of carbonyl (C=O) groups is 1. The van der Waals surface area contributed by atoms with Crippen LogP contribution in [0.15, 0.2) is 0 Å². The zero-order chi connectivity index (χ0) is 8.04. The molecule has 0 heterocycles. The number of aldehydes is 1. The molecule has 0 aromatic carbocycles. The standard InChI is InChI=1S/C5H7F3OS/c6-5(7,8)1-3-10-4-2-9/h2H,1,3-4H2. The van der Waals surface area contributed by atoms with E-state index in [0.29, 0.717) is 6.29 Å². The van der Waals surface area contributed by atoms with Gasteiger partial charge in [-0.15, -0.1) is 0 Å². The van der Waals surface area contributed by atoms with Gasteiger partial charge in [-0.05, 0) is 0 Å². The SMILES string of the molecule is O=CCSCCC(F)(F)F. The number of halogens is 3. The van der Waals surface area contributed by atoms with Crippen molar-refractivity contribution >= 4 is 18.0 Å². The molecule has 0 rings (SSSR count). The number of carbonyl (C=O) groups excluding carboxylic acids is 1. The van der Waals surface area contributed by atoms with Gasteiger partial charge in [-0.2, -0.15) is 24.9 Å². The summed E-state index contributed by atoms with van der Waals surface area (Å²) in [6.45, 7) is 0. The molecule has 0 fully saturated rings. The third-order valence-corrected chi connectivity index (χ3v) is 1.58. The van der Waals surface area contributed by atoms with Crippen LogP contribution >= 0.6 is 11.8 Å². The summed E-state index contributed by atoms with van der Waals surface area (Å²) in [7, 11) is 0. The molecule has 0 aromatic heterocycles. The van der Waals surface area contributed by atoms with Gasteiger partial charge >= 0.3 is 6.18 Å². The Morgan fingerprint density at radius 3 is 2.40 bits per heavy atom. The van der Waals surface area contributed by atoms with Crippen LogP contribution < -0.4 is 0 Å². The molecule has 0 saturated heterocycles. The molecule has 10 heavy (non-hydrogen) atoms. The van der Waals surface area contributed by atoms with Crippen LogP contribution in [0, 0.1) is 0 Å². The minimum Gasteiger partial charge on any atom is -0.302 e. The Kier molecular flexibility index (Phi) is 4.51. The molecular formula is C5H7F3OS. The largest absolute Gasteiger partial charge is 0.389 e. The third-order valence-electron chi connectivity index (χ3n) is 0.716. The lowest BCUT2D eigenvalue weighted by atomic mass is 10.5. The highest BCUT2D eigenvalue weighted by Crippen LogP contribution is 2.21. The minimum absolute atomic E-state index is 0.0256. The highest BCUT2D eigenvalue weighted by atomic mass is 32.2. The Hall–Kier alpha value is -0.190. The second kappa shape index (κ2) is 4.60. The van der Waals surface area contributed by atoms with E-state index < -0.39 is 12.6 Å². The summed E-state index contributed by atoms with van der Waals surface area (Å²) in [5.74, 6) is 0.123. The van der Waals surface area contributed by atoms with Crippen molar-refractivity contribution in [3.8, 4) is 0 Å². The van der Waals surface area contributed by atoms with Gasteiger partial charge in [0.15, 0.2) is 0 Å². The number of alkyl halides is 3. The number of thioether (sulfide) groups is 1. The van der Waals surface area contributed by atoms with E-state index in [0.717, 1.165) is 11.8 Å². The molecule has 0 atom stereocenters. The molecule has 1 nitrogen and oxygen atoms in total. The zero-order valence-electron chi connectivity index (χ0n) is 5.15. The first kappa shape index (κ1) is 9.81. The van der Waals surface area contributed by atoms with Crippen LogP contribution in [0.1, 0.15) is 6.42 Å². The van der Waals surface area contributed by atoms with E-state index in [1.165, 1.54) is 0 Å². The fraction of sp³-hybridized carbons (Fsp3) is 0.800. The van der Waals surface area contributed by atoms with E-state index in [1.807, 2.05) is 0 Å². The van der Waals surface area contributed by atoms with Gasteiger partial charge in [0.05, 0.1) is 6.42 Å². The fourth-order valence-corrected chi connectivity index (χ4v) is 0.958. The van der Waals surface area contributed by atoms with Crippen molar-refractivity contribution in [3.05, 3.63) is 0 Å². The van der Waals surface area contributed by atoms with Gasteiger partial charge < -0.3 is 4.79 Å². The lowest BCUT2D eigenvalue weighted by Gasteiger charge is -2.02. The molecule has 0 saturated carbocycles. The van der Waals surface area contributed by atoms with Crippen LogP contribution in [0.5, 0.6) is 0 Å². The average Bonchev–Trinajstić information content (AvgIpc) is 1.78. The molecule has 5 heteroatoms. The molecule has 60 valence electrons. The summed E-state index contributed by atoms with van der Waals surface area (Å²) in [4.78, 5) is 9.63. The number of hydrogen-bond acceptors (Lipinski definition) is 2.